The lowest BCUT2D eigenvalue weighted by molar-refractivity contribution is -0.192. The molecule has 0 radical (unpaired) electrons. The van der Waals surface area contributed by atoms with Crippen molar-refractivity contribution < 1.29 is 37.4 Å². The van der Waals surface area contributed by atoms with E-state index in [9.17, 15) is 22.8 Å². The largest absolute Gasteiger partial charge is 0.490 e. The third kappa shape index (κ3) is 5.04. The summed E-state index contributed by atoms with van der Waals surface area (Å²) in [6.07, 6.45) is -0.559. The summed E-state index contributed by atoms with van der Waals surface area (Å²) in [4.78, 5) is 42.7. The minimum absolute atomic E-state index is 0.0204. The van der Waals surface area contributed by atoms with Crippen LogP contribution in [0.2, 0.25) is 0 Å². The van der Waals surface area contributed by atoms with E-state index in [2.05, 4.69) is 11.1 Å². The summed E-state index contributed by atoms with van der Waals surface area (Å²) < 4.78 is 36.9. The molecule has 1 aromatic heterocycles. The number of carboxylic acid groups (broad SMARTS) is 1. The number of carbonyl (C=O) groups is 3. The molecule has 11 heteroatoms. The van der Waals surface area contributed by atoms with E-state index in [-0.39, 0.29) is 11.8 Å². The van der Waals surface area contributed by atoms with Gasteiger partial charge in [-0.1, -0.05) is 18.2 Å². The molecule has 0 unspecified atom stereocenters. The molecule has 3 heterocycles. The molecule has 34 heavy (non-hydrogen) atoms. The maximum Gasteiger partial charge on any atom is 0.490 e. The number of aromatic nitrogens is 1. The molecule has 1 saturated heterocycles. The third-order valence-corrected chi connectivity index (χ3v) is 5.94. The number of para-hydroxylation sites is 1. The minimum Gasteiger partial charge on any atom is -0.475 e. The molecular weight excluding hydrogens is 455 g/mol. The van der Waals surface area contributed by atoms with Crippen LogP contribution in [-0.2, 0) is 19.7 Å². The Labute approximate surface area is 193 Å². The van der Waals surface area contributed by atoms with Crippen molar-refractivity contribution in [3.63, 3.8) is 0 Å². The molecule has 2 aromatic rings. The summed E-state index contributed by atoms with van der Waals surface area (Å²) in [7, 11) is 1.64. The summed E-state index contributed by atoms with van der Waals surface area (Å²) in [5.41, 5.74) is 2.12. The first-order valence-corrected chi connectivity index (χ1v) is 10.5. The van der Waals surface area contributed by atoms with Crippen LogP contribution in [0.5, 0.6) is 0 Å². The van der Waals surface area contributed by atoms with Gasteiger partial charge in [-0.25, -0.2) is 4.79 Å². The van der Waals surface area contributed by atoms with Crippen molar-refractivity contribution in [2.75, 3.05) is 38.3 Å². The van der Waals surface area contributed by atoms with Crippen molar-refractivity contribution in [3.8, 4) is 0 Å². The molecule has 1 N–H and O–H groups in total. The third-order valence-electron chi connectivity index (χ3n) is 5.94. The second-order valence-corrected chi connectivity index (χ2v) is 7.89. The van der Waals surface area contributed by atoms with E-state index in [1.807, 2.05) is 28.0 Å². The van der Waals surface area contributed by atoms with Gasteiger partial charge in [0.15, 0.2) is 0 Å². The highest BCUT2D eigenvalue weighted by atomic mass is 19.4. The molecule has 182 valence electrons. The van der Waals surface area contributed by atoms with Crippen LogP contribution in [0.3, 0.4) is 0 Å². The number of carbonyl (C=O) groups excluding carboxylic acids is 2. The average Bonchev–Trinajstić information content (AvgIpc) is 3.05. The number of hydrogen-bond donors (Lipinski definition) is 1. The molecule has 2 amide bonds. The Morgan fingerprint density at radius 2 is 1.79 bits per heavy atom. The fourth-order valence-electron chi connectivity index (χ4n) is 4.25. The number of carboxylic acids is 1. The Kier molecular flexibility index (Phi) is 7.55. The zero-order valence-corrected chi connectivity index (χ0v) is 18.4. The van der Waals surface area contributed by atoms with Crippen LogP contribution in [0, 0.1) is 0 Å². The lowest BCUT2D eigenvalue weighted by atomic mass is 9.73. The van der Waals surface area contributed by atoms with Gasteiger partial charge < -0.3 is 19.6 Å². The van der Waals surface area contributed by atoms with Crippen molar-refractivity contribution >= 4 is 23.5 Å². The van der Waals surface area contributed by atoms with Crippen LogP contribution < -0.4 is 4.90 Å². The van der Waals surface area contributed by atoms with Gasteiger partial charge in [0.1, 0.15) is 0 Å². The van der Waals surface area contributed by atoms with Gasteiger partial charge in [0.05, 0.1) is 17.6 Å². The Balaban J connectivity index is 0.000000406. The van der Waals surface area contributed by atoms with Gasteiger partial charge in [0.2, 0.25) is 5.91 Å². The summed E-state index contributed by atoms with van der Waals surface area (Å²) in [5, 5.41) is 7.12. The number of rotatable bonds is 4. The molecule has 1 fully saturated rings. The van der Waals surface area contributed by atoms with Crippen molar-refractivity contribution in [3.05, 3.63) is 59.9 Å². The lowest BCUT2D eigenvalue weighted by Crippen LogP contribution is -2.50. The molecule has 2 aliphatic rings. The number of ether oxygens (including phenoxy) is 1. The number of fused-ring (bicyclic) bond motifs is 2. The number of methoxy groups -OCH3 is 1. The number of nitrogens with zero attached hydrogens (tertiary/aromatic N) is 3. The molecule has 0 atom stereocenters. The van der Waals surface area contributed by atoms with E-state index in [1.165, 1.54) is 0 Å². The molecule has 4 rings (SSSR count). The first-order chi connectivity index (χ1) is 16.1. The van der Waals surface area contributed by atoms with Crippen LogP contribution in [0.1, 0.15) is 28.8 Å². The number of piperidine rings is 1. The van der Waals surface area contributed by atoms with Gasteiger partial charge in [-0.2, -0.15) is 13.2 Å². The highest BCUT2D eigenvalue weighted by Crippen LogP contribution is 2.47. The predicted octanol–water partition coefficient (Wildman–Crippen LogP) is 2.88. The summed E-state index contributed by atoms with van der Waals surface area (Å²) in [5.74, 6) is -2.64. The highest BCUT2D eigenvalue weighted by Gasteiger charge is 2.52. The van der Waals surface area contributed by atoms with Crippen LogP contribution in [0.25, 0.3) is 0 Å². The monoisotopic (exact) mass is 479 g/mol. The summed E-state index contributed by atoms with van der Waals surface area (Å²) >= 11 is 0. The normalized spacial score (nSPS) is 16.6. The fourth-order valence-corrected chi connectivity index (χ4v) is 4.25. The smallest absolute Gasteiger partial charge is 0.475 e. The Bertz CT molecular complexity index is 1040. The topological polar surface area (TPSA) is 100 Å². The number of pyridine rings is 1. The minimum atomic E-state index is -5.08. The Morgan fingerprint density at radius 3 is 2.35 bits per heavy atom. The maximum atomic E-state index is 13.3. The molecule has 2 aliphatic heterocycles. The van der Waals surface area contributed by atoms with Crippen LogP contribution >= 0.6 is 0 Å². The van der Waals surface area contributed by atoms with Crippen molar-refractivity contribution in [1.82, 2.24) is 9.88 Å². The van der Waals surface area contributed by atoms with Crippen LogP contribution in [0.15, 0.2) is 48.8 Å². The maximum absolute atomic E-state index is 13.3. The van der Waals surface area contributed by atoms with E-state index in [4.69, 9.17) is 14.6 Å². The van der Waals surface area contributed by atoms with Crippen LogP contribution in [0.4, 0.5) is 18.9 Å². The molecule has 0 aliphatic carbocycles. The number of anilines is 1. The molecule has 1 aromatic carbocycles. The second kappa shape index (κ2) is 10.2. The van der Waals surface area contributed by atoms with Gasteiger partial charge in [-0.3, -0.25) is 14.6 Å². The quantitative estimate of drug-likeness (QED) is 0.724. The SMILES string of the molecule is COCCN1C(=O)C2(CCN(C(=O)c3cccnc3)CC2)c2ccccc21.O=C(O)C(F)(F)F. The van der Waals surface area contributed by atoms with E-state index in [0.717, 1.165) is 11.3 Å². The average molecular weight is 479 g/mol. The van der Waals surface area contributed by atoms with E-state index < -0.39 is 17.6 Å². The number of hydrogen-bond acceptors (Lipinski definition) is 5. The van der Waals surface area contributed by atoms with Crippen molar-refractivity contribution in [2.24, 2.45) is 0 Å². The second-order valence-electron chi connectivity index (χ2n) is 7.89. The van der Waals surface area contributed by atoms with Crippen molar-refractivity contribution in [2.45, 2.75) is 24.4 Å². The molecule has 8 nitrogen and oxygen atoms in total. The summed E-state index contributed by atoms with van der Waals surface area (Å²) in [6.45, 7) is 2.17. The van der Waals surface area contributed by atoms with E-state index >= 15 is 0 Å². The molecule has 0 saturated carbocycles. The molecule has 1 spiro atoms. The number of halogens is 3. The van der Waals surface area contributed by atoms with Gasteiger partial charge >= 0.3 is 12.1 Å². The fraction of sp³-hybridized carbons (Fsp3) is 0.391. The Hall–Kier alpha value is -3.47. The van der Waals surface area contributed by atoms with Crippen LogP contribution in [-0.4, -0.2) is 72.3 Å². The number of aliphatic carboxylic acids is 1. The predicted molar refractivity (Wildman–Crippen MR) is 115 cm³/mol. The molecular formula is C23H24F3N3O5. The van der Waals surface area contributed by atoms with Gasteiger partial charge in [0.25, 0.3) is 5.91 Å². The number of likely N-dealkylation sites (tertiary alicyclic amines) is 1. The first-order valence-electron chi connectivity index (χ1n) is 10.5. The first kappa shape index (κ1) is 25.2. The Morgan fingerprint density at radius 1 is 1.15 bits per heavy atom. The lowest BCUT2D eigenvalue weighted by Gasteiger charge is -2.38. The van der Waals surface area contributed by atoms with Gasteiger partial charge in [-0.15, -0.1) is 0 Å². The standard InChI is InChI=1S/C21H23N3O3.C2HF3O2/c1-27-14-13-24-18-7-3-2-6-17(18)21(20(24)26)8-11-23(12-9-21)19(25)16-5-4-10-22-15-16;3-2(4,5)1(6)7/h2-7,10,15H,8-9,11-14H2,1H3;(H,6,7). The number of benzene rings is 1. The summed E-state index contributed by atoms with van der Waals surface area (Å²) in [6, 6.07) is 11.6. The van der Waals surface area contributed by atoms with Crippen molar-refractivity contribution in [1.29, 1.82) is 0 Å². The zero-order chi connectivity index (χ0) is 24.9. The zero-order valence-electron chi connectivity index (χ0n) is 18.4. The van der Waals surface area contributed by atoms with Gasteiger partial charge in [-0.05, 0) is 36.6 Å². The molecule has 0 bridgehead atoms. The van der Waals surface area contributed by atoms with E-state index in [1.54, 1.807) is 31.6 Å². The number of amides is 2. The number of alkyl halides is 3. The highest BCUT2D eigenvalue weighted by molar-refractivity contribution is 6.08. The van der Waals surface area contributed by atoms with Gasteiger partial charge in [0, 0.05) is 44.8 Å². The van der Waals surface area contributed by atoms with E-state index in [0.29, 0.717) is 44.6 Å².